The predicted molar refractivity (Wildman–Crippen MR) is 114 cm³/mol. The van der Waals surface area contributed by atoms with Crippen LogP contribution in [0.4, 0.5) is 11.5 Å². The van der Waals surface area contributed by atoms with Gasteiger partial charge in [0.15, 0.2) is 11.5 Å². The van der Waals surface area contributed by atoms with Crippen molar-refractivity contribution in [3.05, 3.63) is 66.1 Å². The Bertz CT molecular complexity index is 1210. The van der Waals surface area contributed by atoms with Crippen molar-refractivity contribution in [3.8, 4) is 11.5 Å². The van der Waals surface area contributed by atoms with Crippen molar-refractivity contribution in [2.45, 2.75) is 24.8 Å². The number of nitrogens with one attached hydrogen (secondary N) is 2. The van der Waals surface area contributed by atoms with Gasteiger partial charge in [-0.1, -0.05) is 12.1 Å². The smallest absolute Gasteiger partial charge is 0.269 e. The lowest BCUT2D eigenvalue weighted by Crippen LogP contribution is -2.40. The third kappa shape index (κ3) is 4.75. The number of aromatic nitrogens is 2. The van der Waals surface area contributed by atoms with Gasteiger partial charge in [-0.3, -0.25) is 9.52 Å². The van der Waals surface area contributed by atoms with Gasteiger partial charge < -0.3 is 14.8 Å². The Hall–Kier alpha value is -3.66. The maximum atomic E-state index is 12.6. The molecule has 0 spiro atoms. The van der Waals surface area contributed by atoms with Crippen molar-refractivity contribution in [2.75, 3.05) is 16.6 Å². The number of aryl methyl sites for hydroxylation is 2. The molecule has 9 nitrogen and oxygen atoms in total. The molecule has 0 saturated heterocycles. The number of benzene rings is 2. The summed E-state index contributed by atoms with van der Waals surface area (Å²) < 4.78 is 38.9. The molecule has 4 rings (SSSR count). The molecule has 2 aromatic carbocycles. The first-order chi connectivity index (χ1) is 14.8. The monoisotopic (exact) mass is 440 g/mol. The second kappa shape index (κ2) is 8.23. The highest BCUT2D eigenvalue weighted by molar-refractivity contribution is 7.92. The van der Waals surface area contributed by atoms with Crippen LogP contribution in [-0.4, -0.2) is 37.0 Å². The summed E-state index contributed by atoms with van der Waals surface area (Å²) in [4.78, 5) is 20.7. The van der Waals surface area contributed by atoms with Gasteiger partial charge >= 0.3 is 0 Å². The molecule has 1 aromatic heterocycles. The Kier molecular flexibility index (Phi) is 5.47. The molecule has 0 unspecified atom stereocenters. The van der Waals surface area contributed by atoms with Crippen molar-refractivity contribution in [1.82, 2.24) is 9.97 Å². The van der Waals surface area contributed by atoms with Gasteiger partial charge in [0.1, 0.15) is 18.2 Å². The summed E-state index contributed by atoms with van der Waals surface area (Å²) in [5.41, 5.74) is 1.08. The third-order valence-corrected chi connectivity index (χ3v) is 5.81. The fourth-order valence-electron chi connectivity index (χ4n) is 3.05. The van der Waals surface area contributed by atoms with E-state index < -0.39 is 22.0 Å². The van der Waals surface area contributed by atoms with Crippen LogP contribution in [0.15, 0.2) is 59.5 Å². The minimum absolute atomic E-state index is 0.0330. The number of nitrogens with zero attached hydrogens (tertiary/aromatic N) is 2. The fraction of sp³-hybridized carbons (Fsp3) is 0.190. The molecular formula is C21H20N4O5S. The maximum absolute atomic E-state index is 12.6. The van der Waals surface area contributed by atoms with Gasteiger partial charge in [0.2, 0.25) is 6.10 Å². The average Bonchev–Trinajstić information content (AvgIpc) is 2.72. The summed E-state index contributed by atoms with van der Waals surface area (Å²) in [5, 5.41) is 2.71. The number of carbonyl (C=O) groups excluding carboxylic acids is 1. The number of fused-ring (bicyclic) bond motifs is 1. The molecule has 3 aromatic rings. The number of hydrogen-bond acceptors (Lipinski definition) is 7. The summed E-state index contributed by atoms with van der Waals surface area (Å²) in [5.74, 6) is 1.35. The highest BCUT2D eigenvalue weighted by atomic mass is 32.2. The molecule has 0 radical (unpaired) electrons. The first-order valence-electron chi connectivity index (χ1n) is 9.45. The Balaban J connectivity index is 1.42. The highest BCUT2D eigenvalue weighted by Gasteiger charge is 2.27. The van der Waals surface area contributed by atoms with E-state index in [9.17, 15) is 13.2 Å². The molecule has 0 bridgehead atoms. The summed E-state index contributed by atoms with van der Waals surface area (Å²) in [6, 6.07) is 14.4. The lowest BCUT2D eigenvalue weighted by molar-refractivity contribution is -0.125. The molecule has 0 aliphatic carbocycles. The molecule has 160 valence electrons. The second-order valence-corrected chi connectivity index (χ2v) is 8.61. The van der Waals surface area contributed by atoms with Crippen LogP contribution in [0.5, 0.6) is 11.5 Å². The summed E-state index contributed by atoms with van der Waals surface area (Å²) in [7, 11) is -3.84. The number of sulfonamides is 1. The Morgan fingerprint density at radius 1 is 1.03 bits per heavy atom. The van der Waals surface area contributed by atoms with Gasteiger partial charge in [0.05, 0.1) is 4.90 Å². The fourth-order valence-corrected chi connectivity index (χ4v) is 4.05. The van der Waals surface area contributed by atoms with Crippen LogP contribution < -0.4 is 19.5 Å². The zero-order valence-electron chi connectivity index (χ0n) is 16.8. The van der Waals surface area contributed by atoms with E-state index in [1.807, 2.05) is 6.07 Å². The van der Waals surface area contributed by atoms with Crippen LogP contribution in [-0.2, 0) is 14.8 Å². The van der Waals surface area contributed by atoms with E-state index >= 15 is 0 Å². The Labute approximate surface area is 179 Å². The lowest BCUT2D eigenvalue weighted by atomic mass is 10.2. The van der Waals surface area contributed by atoms with Crippen molar-refractivity contribution >= 4 is 27.4 Å². The van der Waals surface area contributed by atoms with Crippen LogP contribution in [0.1, 0.15) is 11.5 Å². The molecule has 1 aliphatic heterocycles. The van der Waals surface area contributed by atoms with Crippen LogP contribution in [0.3, 0.4) is 0 Å². The quantitative estimate of drug-likeness (QED) is 0.626. The largest absolute Gasteiger partial charge is 0.485 e. The molecule has 10 heteroatoms. The second-order valence-electron chi connectivity index (χ2n) is 6.93. The number of amides is 1. The number of para-hydroxylation sites is 2. The van der Waals surface area contributed by atoms with Crippen LogP contribution in [0, 0.1) is 13.8 Å². The van der Waals surface area contributed by atoms with Gasteiger partial charge in [-0.05, 0) is 50.2 Å². The minimum atomic E-state index is -3.84. The van der Waals surface area contributed by atoms with Gasteiger partial charge in [-0.15, -0.1) is 0 Å². The van der Waals surface area contributed by atoms with Crippen LogP contribution in [0.2, 0.25) is 0 Å². The van der Waals surface area contributed by atoms with E-state index in [-0.39, 0.29) is 17.3 Å². The van der Waals surface area contributed by atoms with Crippen molar-refractivity contribution in [1.29, 1.82) is 0 Å². The van der Waals surface area contributed by atoms with E-state index in [0.29, 0.717) is 28.7 Å². The van der Waals surface area contributed by atoms with Gasteiger partial charge in [-0.2, -0.15) is 0 Å². The SMILES string of the molecule is Cc1cc(NS(=O)(=O)c2ccc(NC(=O)[C@H]3COc4ccccc4O3)cc2)nc(C)n1. The Morgan fingerprint density at radius 2 is 1.74 bits per heavy atom. The molecule has 1 amide bonds. The number of carbonyl (C=O) groups is 1. The molecule has 0 saturated carbocycles. The molecule has 2 N–H and O–H groups in total. The number of ether oxygens (including phenoxy) is 2. The highest BCUT2D eigenvalue weighted by Crippen LogP contribution is 2.31. The predicted octanol–water partition coefficient (Wildman–Crippen LogP) is 2.67. The van der Waals surface area contributed by atoms with Gasteiger partial charge in [-0.25, -0.2) is 18.4 Å². The first kappa shape index (κ1) is 20.6. The van der Waals surface area contributed by atoms with E-state index in [0.717, 1.165) is 0 Å². The van der Waals surface area contributed by atoms with Gasteiger partial charge in [0.25, 0.3) is 15.9 Å². The lowest BCUT2D eigenvalue weighted by Gasteiger charge is -2.25. The Morgan fingerprint density at radius 3 is 2.45 bits per heavy atom. The van der Waals surface area contributed by atoms with E-state index in [1.54, 1.807) is 38.1 Å². The van der Waals surface area contributed by atoms with Crippen molar-refractivity contribution in [3.63, 3.8) is 0 Å². The molecular weight excluding hydrogens is 420 g/mol. The molecule has 1 aliphatic rings. The topological polar surface area (TPSA) is 120 Å². The normalized spacial score (nSPS) is 15.2. The number of rotatable bonds is 5. The zero-order chi connectivity index (χ0) is 22.0. The van der Waals surface area contributed by atoms with E-state index in [4.69, 9.17) is 9.47 Å². The molecule has 2 heterocycles. The molecule has 1 atom stereocenters. The van der Waals surface area contributed by atoms with Crippen molar-refractivity contribution < 1.29 is 22.7 Å². The van der Waals surface area contributed by atoms with E-state index in [2.05, 4.69) is 20.0 Å². The summed E-state index contributed by atoms with van der Waals surface area (Å²) >= 11 is 0. The van der Waals surface area contributed by atoms with Crippen LogP contribution in [0.25, 0.3) is 0 Å². The zero-order valence-corrected chi connectivity index (χ0v) is 17.6. The summed E-state index contributed by atoms with van der Waals surface area (Å²) in [6.45, 7) is 3.52. The van der Waals surface area contributed by atoms with Crippen molar-refractivity contribution in [2.24, 2.45) is 0 Å². The van der Waals surface area contributed by atoms with Gasteiger partial charge in [0, 0.05) is 17.4 Å². The molecule has 0 fully saturated rings. The minimum Gasteiger partial charge on any atom is -0.485 e. The first-order valence-corrected chi connectivity index (χ1v) is 10.9. The molecule has 31 heavy (non-hydrogen) atoms. The maximum Gasteiger partial charge on any atom is 0.269 e. The van der Waals surface area contributed by atoms with E-state index in [1.165, 1.54) is 24.3 Å². The number of hydrogen-bond donors (Lipinski definition) is 2. The number of anilines is 2. The summed E-state index contributed by atoms with van der Waals surface area (Å²) in [6.07, 6.45) is -0.816. The van der Waals surface area contributed by atoms with Crippen LogP contribution >= 0.6 is 0 Å². The third-order valence-electron chi connectivity index (χ3n) is 4.44. The standard InChI is InChI=1S/C21H20N4O5S/c1-13-11-20(23-14(2)22-13)25-31(27,28)16-9-7-15(8-10-16)24-21(26)19-12-29-17-5-3-4-6-18(17)30-19/h3-11,19H,12H2,1-2H3,(H,24,26)(H,22,23,25)/t19-/m1/s1. The average molecular weight is 440 g/mol.